The van der Waals surface area contributed by atoms with Crippen molar-refractivity contribution in [1.82, 2.24) is 0 Å². The number of aliphatic hydroxyl groups is 1. The molecule has 4 heteroatoms. The lowest BCUT2D eigenvalue weighted by atomic mass is 9.96. The highest BCUT2D eigenvalue weighted by Crippen LogP contribution is 2.26. The molecule has 0 aliphatic heterocycles. The summed E-state index contributed by atoms with van der Waals surface area (Å²) < 4.78 is 2.24. The summed E-state index contributed by atoms with van der Waals surface area (Å²) in [6.07, 6.45) is 1.83. The van der Waals surface area contributed by atoms with E-state index in [2.05, 4.69) is 55.4 Å². The van der Waals surface area contributed by atoms with Crippen molar-refractivity contribution in [3.63, 3.8) is 0 Å². The predicted molar refractivity (Wildman–Crippen MR) is 84.1 cm³/mol. The molecule has 0 saturated heterocycles. The third kappa shape index (κ3) is 3.92. The van der Waals surface area contributed by atoms with Crippen molar-refractivity contribution in [2.45, 2.75) is 12.8 Å². The average Bonchev–Trinajstić information content (AvgIpc) is 2.77. The van der Waals surface area contributed by atoms with E-state index in [1.54, 1.807) is 11.3 Å². The molecule has 0 aliphatic rings. The van der Waals surface area contributed by atoms with Crippen LogP contribution in [-0.4, -0.2) is 11.7 Å². The van der Waals surface area contributed by atoms with Gasteiger partial charge in [-0.25, -0.2) is 0 Å². The molecule has 0 radical (unpaired) electrons. The molecular weight excluding hydrogens is 376 g/mol. The molecule has 1 nitrogen and oxygen atoms in total. The Balaban J connectivity index is 2.01. The van der Waals surface area contributed by atoms with Crippen LogP contribution in [0.1, 0.15) is 10.4 Å². The Morgan fingerprint density at radius 2 is 1.78 bits per heavy atom. The minimum atomic E-state index is 0.223. The van der Waals surface area contributed by atoms with Crippen molar-refractivity contribution in [2.24, 2.45) is 5.92 Å². The number of rotatable bonds is 5. The van der Waals surface area contributed by atoms with Gasteiger partial charge in [0.15, 0.2) is 0 Å². The molecule has 2 aromatic rings. The van der Waals surface area contributed by atoms with Crippen LogP contribution < -0.4 is 0 Å². The van der Waals surface area contributed by atoms with E-state index >= 15 is 0 Å². The lowest BCUT2D eigenvalue weighted by Crippen LogP contribution is -2.12. The molecule has 1 heterocycles. The molecule has 1 aromatic heterocycles. The van der Waals surface area contributed by atoms with Gasteiger partial charge in [0.05, 0.1) is 0 Å². The first kappa shape index (κ1) is 14.3. The van der Waals surface area contributed by atoms with Gasteiger partial charge in [-0.3, -0.25) is 0 Å². The molecule has 1 atom stereocenters. The maximum Gasteiger partial charge on any atom is 0.0465 e. The summed E-state index contributed by atoms with van der Waals surface area (Å²) in [5.41, 5.74) is 1.27. The molecule has 0 aliphatic carbocycles. The molecule has 18 heavy (non-hydrogen) atoms. The number of hydrogen-bond donors (Lipinski definition) is 1. The summed E-state index contributed by atoms with van der Waals surface area (Å²) in [6, 6.07) is 10.4. The molecule has 1 N–H and O–H groups in total. The summed E-state index contributed by atoms with van der Waals surface area (Å²) >= 11 is 8.72. The summed E-state index contributed by atoms with van der Waals surface area (Å²) in [5, 5.41) is 11.6. The fraction of sp³-hybridized carbons (Fsp3) is 0.286. The molecular formula is C14H14Br2OS. The van der Waals surface area contributed by atoms with Crippen LogP contribution in [0.25, 0.3) is 0 Å². The predicted octanol–water partition coefficient (Wildman–Crippen LogP) is 4.67. The second-order valence-electron chi connectivity index (χ2n) is 4.28. The molecule has 1 aromatic carbocycles. The van der Waals surface area contributed by atoms with E-state index in [0.717, 1.165) is 21.8 Å². The van der Waals surface area contributed by atoms with Crippen LogP contribution in [0.15, 0.2) is 44.7 Å². The summed E-state index contributed by atoms with van der Waals surface area (Å²) in [5.74, 6) is 0.279. The fourth-order valence-corrected chi connectivity index (χ4v) is 3.78. The Morgan fingerprint density at radius 3 is 2.33 bits per heavy atom. The normalized spacial score (nSPS) is 12.6. The van der Waals surface area contributed by atoms with Crippen LogP contribution in [0.5, 0.6) is 0 Å². The first-order valence-electron chi connectivity index (χ1n) is 5.76. The van der Waals surface area contributed by atoms with Crippen molar-refractivity contribution in [2.75, 3.05) is 6.61 Å². The second kappa shape index (κ2) is 6.85. The number of thiophene rings is 1. The SMILES string of the molecule is OCC(Cc1ccc(Br)cc1)Cc1sccc1Br. The minimum Gasteiger partial charge on any atom is -0.396 e. The van der Waals surface area contributed by atoms with Crippen LogP contribution in [0, 0.1) is 5.92 Å². The molecule has 96 valence electrons. The lowest BCUT2D eigenvalue weighted by molar-refractivity contribution is 0.225. The van der Waals surface area contributed by atoms with Gasteiger partial charge < -0.3 is 5.11 Å². The van der Waals surface area contributed by atoms with Gasteiger partial charge in [-0.1, -0.05) is 28.1 Å². The quantitative estimate of drug-likeness (QED) is 0.787. The Labute approximate surface area is 128 Å². The van der Waals surface area contributed by atoms with Gasteiger partial charge in [-0.2, -0.15) is 0 Å². The first-order valence-corrected chi connectivity index (χ1v) is 8.22. The number of halogens is 2. The summed E-state index contributed by atoms with van der Waals surface area (Å²) in [6.45, 7) is 0.223. The van der Waals surface area contributed by atoms with E-state index < -0.39 is 0 Å². The molecule has 0 fully saturated rings. The zero-order chi connectivity index (χ0) is 13.0. The highest BCUT2D eigenvalue weighted by atomic mass is 79.9. The zero-order valence-corrected chi connectivity index (χ0v) is 13.8. The van der Waals surface area contributed by atoms with Crippen molar-refractivity contribution < 1.29 is 5.11 Å². The Kier molecular flexibility index (Phi) is 5.42. The third-order valence-corrected chi connectivity index (χ3v) is 5.34. The van der Waals surface area contributed by atoms with Gasteiger partial charge in [0.25, 0.3) is 0 Å². The number of aliphatic hydroxyl groups excluding tert-OH is 1. The third-order valence-electron chi connectivity index (χ3n) is 2.86. The summed E-state index contributed by atoms with van der Waals surface area (Å²) in [4.78, 5) is 1.31. The van der Waals surface area contributed by atoms with E-state index in [-0.39, 0.29) is 12.5 Å². The van der Waals surface area contributed by atoms with Crippen LogP contribution in [0.4, 0.5) is 0 Å². The van der Waals surface area contributed by atoms with Gasteiger partial charge in [0.2, 0.25) is 0 Å². The number of hydrogen-bond acceptors (Lipinski definition) is 2. The molecule has 2 rings (SSSR count). The van der Waals surface area contributed by atoms with Crippen LogP contribution in [0.3, 0.4) is 0 Å². The molecule has 0 spiro atoms. The smallest absolute Gasteiger partial charge is 0.0465 e. The number of benzene rings is 1. The molecule has 0 saturated carbocycles. The Bertz CT molecular complexity index is 493. The van der Waals surface area contributed by atoms with Crippen molar-refractivity contribution in [3.05, 3.63) is 55.1 Å². The zero-order valence-electron chi connectivity index (χ0n) is 9.77. The van der Waals surface area contributed by atoms with Crippen molar-refractivity contribution in [1.29, 1.82) is 0 Å². The first-order chi connectivity index (χ1) is 8.69. The van der Waals surface area contributed by atoms with Crippen LogP contribution >= 0.6 is 43.2 Å². The largest absolute Gasteiger partial charge is 0.396 e. The Hall–Kier alpha value is -0.160. The highest BCUT2D eigenvalue weighted by Gasteiger charge is 2.12. The monoisotopic (exact) mass is 388 g/mol. The van der Waals surface area contributed by atoms with Crippen LogP contribution in [-0.2, 0) is 12.8 Å². The fourth-order valence-electron chi connectivity index (χ4n) is 1.89. The molecule has 0 amide bonds. The highest BCUT2D eigenvalue weighted by molar-refractivity contribution is 9.10. The lowest BCUT2D eigenvalue weighted by Gasteiger charge is -2.13. The van der Waals surface area contributed by atoms with Gasteiger partial charge in [-0.15, -0.1) is 11.3 Å². The second-order valence-corrected chi connectivity index (χ2v) is 7.05. The van der Waals surface area contributed by atoms with E-state index in [0.29, 0.717) is 0 Å². The van der Waals surface area contributed by atoms with Crippen molar-refractivity contribution >= 4 is 43.2 Å². The van der Waals surface area contributed by atoms with E-state index in [4.69, 9.17) is 0 Å². The maximum atomic E-state index is 9.51. The van der Waals surface area contributed by atoms with E-state index in [1.165, 1.54) is 10.4 Å². The topological polar surface area (TPSA) is 20.2 Å². The van der Waals surface area contributed by atoms with Gasteiger partial charge in [-0.05, 0) is 63.8 Å². The van der Waals surface area contributed by atoms with Gasteiger partial charge in [0, 0.05) is 20.4 Å². The Morgan fingerprint density at radius 1 is 1.06 bits per heavy atom. The summed E-state index contributed by atoms with van der Waals surface area (Å²) in [7, 11) is 0. The standard InChI is InChI=1S/C14H14Br2OS/c15-12-3-1-10(2-4-12)7-11(9-17)8-14-13(16)5-6-18-14/h1-6,11,17H,7-9H2. The van der Waals surface area contributed by atoms with Gasteiger partial charge >= 0.3 is 0 Å². The van der Waals surface area contributed by atoms with Gasteiger partial charge in [0.1, 0.15) is 0 Å². The molecule has 1 unspecified atom stereocenters. The minimum absolute atomic E-state index is 0.223. The van der Waals surface area contributed by atoms with Crippen LogP contribution in [0.2, 0.25) is 0 Å². The average molecular weight is 390 g/mol. The van der Waals surface area contributed by atoms with E-state index in [9.17, 15) is 5.11 Å². The maximum absolute atomic E-state index is 9.51. The van der Waals surface area contributed by atoms with E-state index in [1.807, 2.05) is 12.1 Å². The molecule has 0 bridgehead atoms. The van der Waals surface area contributed by atoms with Crippen molar-refractivity contribution in [3.8, 4) is 0 Å².